The van der Waals surface area contributed by atoms with Gasteiger partial charge in [0.1, 0.15) is 12.9 Å². The molecule has 2 rings (SSSR count). The van der Waals surface area contributed by atoms with Crippen molar-refractivity contribution in [3.05, 3.63) is 64.5 Å². The highest BCUT2D eigenvalue weighted by Crippen LogP contribution is 2.36. The van der Waals surface area contributed by atoms with Crippen molar-refractivity contribution in [2.45, 2.75) is 19.0 Å². The predicted octanol–water partition coefficient (Wildman–Crippen LogP) is 5.25. The Labute approximate surface area is 136 Å². The van der Waals surface area contributed by atoms with Crippen LogP contribution in [0.2, 0.25) is 0 Å². The van der Waals surface area contributed by atoms with Crippen LogP contribution in [0.4, 0.5) is 30.7 Å². The average Bonchev–Trinajstić information content (AvgIpc) is 2.52. The predicted molar refractivity (Wildman–Crippen MR) is 72.6 cm³/mol. The minimum Gasteiger partial charge on any atom is -0.486 e. The van der Waals surface area contributed by atoms with Crippen molar-refractivity contribution < 1.29 is 40.3 Å². The molecule has 0 heterocycles. The Morgan fingerprint density at radius 3 is 1.92 bits per heavy atom. The maximum atomic E-state index is 13.5. The third-order valence-electron chi connectivity index (χ3n) is 3.13. The molecule has 0 aliphatic heterocycles. The Morgan fingerprint density at radius 1 is 0.880 bits per heavy atom. The van der Waals surface area contributed by atoms with Crippen LogP contribution < -0.4 is 4.74 Å². The molecule has 25 heavy (non-hydrogen) atoms. The summed E-state index contributed by atoms with van der Waals surface area (Å²) in [6.07, 6.45) is -9.59. The number of carbonyl (C=O) groups excluding carboxylic acids is 1. The lowest BCUT2D eigenvalue weighted by atomic mass is 10.1. The van der Waals surface area contributed by atoms with Gasteiger partial charge in [-0.15, -0.1) is 0 Å². The zero-order chi connectivity index (χ0) is 18.8. The number of benzene rings is 2. The van der Waals surface area contributed by atoms with Crippen LogP contribution in [0.15, 0.2) is 36.4 Å². The molecule has 0 bridgehead atoms. The first-order valence-electron chi connectivity index (χ1n) is 6.66. The number of carbonyl (C=O) groups is 1. The van der Waals surface area contributed by atoms with Gasteiger partial charge in [0.2, 0.25) is 0 Å². The molecule has 0 atom stereocenters. The molecular formula is C16H9F7O2. The van der Waals surface area contributed by atoms with E-state index in [2.05, 4.69) is 0 Å². The molecule has 0 N–H and O–H groups in total. The minimum atomic E-state index is -4.99. The fraction of sp³-hybridized carbons (Fsp3) is 0.188. The summed E-state index contributed by atoms with van der Waals surface area (Å²) in [5.41, 5.74) is -3.40. The van der Waals surface area contributed by atoms with Crippen LogP contribution in [0.3, 0.4) is 0 Å². The van der Waals surface area contributed by atoms with Gasteiger partial charge < -0.3 is 4.74 Å². The fourth-order valence-corrected chi connectivity index (χ4v) is 1.97. The highest BCUT2D eigenvalue weighted by Gasteiger charge is 2.36. The smallest absolute Gasteiger partial charge is 0.416 e. The van der Waals surface area contributed by atoms with E-state index >= 15 is 0 Å². The number of alkyl halides is 6. The summed E-state index contributed by atoms with van der Waals surface area (Å²) in [7, 11) is 0. The van der Waals surface area contributed by atoms with Gasteiger partial charge in [-0.05, 0) is 42.0 Å². The fourth-order valence-electron chi connectivity index (χ4n) is 1.97. The molecule has 0 saturated heterocycles. The van der Waals surface area contributed by atoms with Gasteiger partial charge in [-0.3, -0.25) is 4.79 Å². The van der Waals surface area contributed by atoms with Crippen LogP contribution in [-0.2, 0) is 19.0 Å². The molecule has 0 saturated carbocycles. The topological polar surface area (TPSA) is 26.3 Å². The number of halogens is 7. The van der Waals surface area contributed by atoms with Crippen molar-refractivity contribution in [1.82, 2.24) is 0 Å². The van der Waals surface area contributed by atoms with Gasteiger partial charge in [-0.2, -0.15) is 26.3 Å². The van der Waals surface area contributed by atoms with Gasteiger partial charge in [0, 0.05) is 5.56 Å². The number of aldehydes is 1. The van der Waals surface area contributed by atoms with E-state index in [1.165, 1.54) is 0 Å². The third kappa shape index (κ3) is 4.71. The first-order chi connectivity index (χ1) is 11.5. The highest BCUT2D eigenvalue weighted by atomic mass is 19.4. The van der Waals surface area contributed by atoms with Crippen molar-refractivity contribution in [3.8, 4) is 5.75 Å². The van der Waals surface area contributed by atoms with E-state index < -0.39 is 47.2 Å². The molecule has 9 heteroatoms. The quantitative estimate of drug-likeness (QED) is 0.545. The zero-order valence-electron chi connectivity index (χ0n) is 12.2. The van der Waals surface area contributed by atoms with Gasteiger partial charge in [0.15, 0.2) is 11.6 Å². The van der Waals surface area contributed by atoms with Crippen molar-refractivity contribution in [2.75, 3.05) is 0 Å². The van der Waals surface area contributed by atoms with Crippen LogP contribution in [0, 0.1) is 5.82 Å². The summed E-state index contributed by atoms with van der Waals surface area (Å²) < 4.78 is 95.0. The van der Waals surface area contributed by atoms with Crippen LogP contribution in [0.5, 0.6) is 5.75 Å². The van der Waals surface area contributed by atoms with E-state index in [9.17, 15) is 35.5 Å². The van der Waals surface area contributed by atoms with Gasteiger partial charge in [-0.25, -0.2) is 4.39 Å². The second-order valence-electron chi connectivity index (χ2n) is 5.01. The van der Waals surface area contributed by atoms with E-state index in [0.717, 1.165) is 18.2 Å². The normalized spacial score (nSPS) is 12.1. The van der Waals surface area contributed by atoms with Gasteiger partial charge in [0.05, 0.1) is 11.1 Å². The average molecular weight is 366 g/mol. The van der Waals surface area contributed by atoms with E-state index in [0.29, 0.717) is 18.4 Å². The lowest BCUT2D eigenvalue weighted by Gasteiger charge is -2.15. The van der Waals surface area contributed by atoms with Gasteiger partial charge >= 0.3 is 12.4 Å². The summed E-state index contributed by atoms with van der Waals surface area (Å²) >= 11 is 0. The first kappa shape index (κ1) is 18.8. The molecule has 134 valence electrons. The van der Waals surface area contributed by atoms with E-state index in [1.807, 2.05) is 0 Å². The minimum absolute atomic E-state index is 0.0168. The van der Waals surface area contributed by atoms with Crippen molar-refractivity contribution in [1.29, 1.82) is 0 Å². The lowest BCUT2D eigenvalue weighted by Crippen LogP contribution is -2.12. The van der Waals surface area contributed by atoms with Gasteiger partial charge in [-0.1, -0.05) is 0 Å². The van der Waals surface area contributed by atoms with Crippen molar-refractivity contribution in [2.24, 2.45) is 0 Å². The molecular weight excluding hydrogens is 357 g/mol. The summed E-state index contributed by atoms with van der Waals surface area (Å²) in [6, 6.07) is 3.97. The number of ether oxygens (including phenoxy) is 1. The van der Waals surface area contributed by atoms with Crippen LogP contribution >= 0.6 is 0 Å². The van der Waals surface area contributed by atoms with E-state index in [4.69, 9.17) is 4.74 Å². The second-order valence-corrected chi connectivity index (χ2v) is 5.01. The number of hydrogen-bond acceptors (Lipinski definition) is 2. The Balaban J connectivity index is 2.34. The Hall–Kier alpha value is -2.58. The molecule has 2 nitrogen and oxygen atoms in total. The second kappa shape index (κ2) is 6.73. The molecule has 0 aromatic heterocycles. The molecule has 0 aliphatic carbocycles. The van der Waals surface area contributed by atoms with Crippen LogP contribution in [-0.4, -0.2) is 6.29 Å². The largest absolute Gasteiger partial charge is 0.486 e. The SMILES string of the molecule is O=Cc1ccc(F)c(OCc2cc(C(F)(F)F)cc(C(F)(F)F)c2)c1. The Morgan fingerprint density at radius 2 is 1.44 bits per heavy atom. The molecule has 2 aromatic carbocycles. The van der Waals surface area contributed by atoms with Gasteiger partial charge in [0.25, 0.3) is 0 Å². The summed E-state index contributed by atoms with van der Waals surface area (Å²) in [4.78, 5) is 10.6. The van der Waals surface area contributed by atoms with Crippen molar-refractivity contribution >= 4 is 6.29 Å². The van der Waals surface area contributed by atoms with Crippen LogP contribution in [0.25, 0.3) is 0 Å². The Bertz CT molecular complexity index is 747. The van der Waals surface area contributed by atoms with E-state index in [-0.39, 0.29) is 11.6 Å². The Kier molecular flexibility index (Phi) is 5.05. The maximum Gasteiger partial charge on any atom is 0.416 e. The molecule has 0 spiro atoms. The molecule has 0 radical (unpaired) electrons. The number of hydrogen-bond donors (Lipinski definition) is 0. The summed E-state index contributed by atoms with van der Waals surface area (Å²) in [5.74, 6) is -1.37. The highest BCUT2D eigenvalue weighted by molar-refractivity contribution is 5.75. The maximum absolute atomic E-state index is 13.5. The lowest BCUT2D eigenvalue weighted by molar-refractivity contribution is -0.143. The van der Waals surface area contributed by atoms with Crippen molar-refractivity contribution in [3.63, 3.8) is 0 Å². The molecule has 0 amide bonds. The zero-order valence-corrected chi connectivity index (χ0v) is 12.2. The molecule has 0 unspecified atom stereocenters. The number of rotatable bonds is 4. The summed E-state index contributed by atoms with van der Waals surface area (Å²) in [6.45, 7) is -0.744. The summed E-state index contributed by atoms with van der Waals surface area (Å²) in [5, 5.41) is 0. The van der Waals surface area contributed by atoms with Crippen LogP contribution in [0.1, 0.15) is 27.0 Å². The monoisotopic (exact) mass is 366 g/mol. The van der Waals surface area contributed by atoms with E-state index in [1.54, 1.807) is 0 Å². The first-order valence-corrected chi connectivity index (χ1v) is 6.66. The molecule has 0 fully saturated rings. The third-order valence-corrected chi connectivity index (χ3v) is 3.13. The standard InChI is InChI=1S/C16H9F7O2/c17-13-2-1-9(7-24)5-14(13)25-8-10-3-11(15(18,19)20)6-12(4-10)16(21,22)23/h1-7H,8H2. The molecule has 2 aromatic rings. The molecule has 0 aliphatic rings.